The van der Waals surface area contributed by atoms with Crippen molar-refractivity contribution in [1.29, 1.82) is 0 Å². The largest absolute Gasteiger partial charge is 0.365 e. The van der Waals surface area contributed by atoms with Crippen LogP contribution in [0.15, 0.2) is 61.1 Å². The topological polar surface area (TPSA) is 42.2 Å². The van der Waals surface area contributed by atoms with Crippen molar-refractivity contribution in [2.75, 3.05) is 5.32 Å². The van der Waals surface area contributed by atoms with E-state index in [0.29, 0.717) is 0 Å². The van der Waals surface area contributed by atoms with Gasteiger partial charge in [0.05, 0.1) is 9.75 Å². The van der Waals surface area contributed by atoms with Crippen molar-refractivity contribution in [3.8, 4) is 22.4 Å². The van der Waals surface area contributed by atoms with Crippen LogP contribution in [0.3, 0.4) is 0 Å². The second-order valence-electron chi connectivity index (χ2n) is 7.26. The normalized spacial score (nSPS) is 10.8. The molecule has 0 aromatic carbocycles. The van der Waals surface area contributed by atoms with Gasteiger partial charge in [0.1, 0.15) is 17.2 Å². The molecule has 142 valence electrons. The van der Waals surface area contributed by atoms with Gasteiger partial charge in [-0.1, -0.05) is 17.9 Å². The first-order chi connectivity index (χ1) is 13.0. The fourth-order valence-electron chi connectivity index (χ4n) is 2.74. The monoisotopic (exact) mass is 408 g/mol. The van der Waals surface area contributed by atoms with Crippen LogP contribution in [0.25, 0.3) is 16.2 Å². The lowest BCUT2D eigenvalue weighted by Crippen LogP contribution is -2.27. The summed E-state index contributed by atoms with van der Waals surface area (Å²) in [5.74, 6) is 7.43. The maximum Gasteiger partial charge on any atom is 0.140 e. The van der Waals surface area contributed by atoms with Crippen LogP contribution in [-0.4, -0.2) is 19.9 Å². The molecule has 4 aromatic heterocycles. The van der Waals surface area contributed by atoms with E-state index in [-0.39, 0.29) is 17.9 Å². The first-order valence-corrected chi connectivity index (χ1v) is 9.59. The maximum atomic E-state index is 4.85. The Morgan fingerprint density at radius 2 is 1.79 bits per heavy atom. The zero-order valence-electron chi connectivity index (χ0n) is 15.9. The summed E-state index contributed by atoms with van der Waals surface area (Å²) in [6, 6.07) is 14.0. The third-order valence-corrected chi connectivity index (χ3v) is 4.88. The molecular formula is C22H21ClN4S. The number of halogens is 1. The lowest BCUT2D eigenvalue weighted by molar-refractivity contribution is 0.630. The molecule has 4 rings (SSSR count). The van der Waals surface area contributed by atoms with Gasteiger partial charge in [-0.25, -0.2) is 4.98 Å². The van der Waals surface area contributed by atoms with Crippen LogP contribution in [0.1, 0.15) is 31.2 Å². The molecule has 0 aliphatic carbocycles. The number of nitrogens with zero attached hydrogens (tertiary/aromatic N) is 3. The van der Waals surface area contributed by atoms with E-state index in [4.69, 9.17) is 4.98 Å². The van der Waals surface area contributed by atoms with E-state index in [1.165, 1.54) is 0 Å². The highest BCUT2D eigenvalue weighted by molar-refractivity contribution is 7.16. The SMILES string of the molecule is CC(C)(C)Nc1c(-c2ccc(C#Cc3ccncc3)s2)nc2ccccn12.Cl. The van der Waals surface area contributed by atoms with Gasteiger partial charge in [-0.15, -0.1) is 23.7 Å². The number of pyridine rings is 2. The maximum absolute atomic E-state index is 4.85. The smallest absolute Gasteiger partial charge is 0.140 e. The van der Waals surface area contributed by atoms with Crippen molar-refractivity contribution in [2.45, 2.75) is 26.3 Å². The summed E-state index contributed by atoms with van der Waals surface area (Å²) in [7, 11) is 0. The molecular weight excluding hydrogens is 388 g/mol. The third kappa shape index (κ3) is 4.36. The lowest BCUT2D eigenvalue weighted by Gasteiger charge is -2.22. The number of anilines is 1. The van der Waals surface area contributed by atoms with E-state index in [1.54, 1.807) is 23.7 Å². The Balaban J connectivity index is 0.00000225. The van der Waals surface area contributed by atoms with Gasteiger partial charge in [-0.05, 0) is 57.2 Å². The first-order valence-electron chi connectivity index (χ1n) is 8.77. The molecule has 0 aliphatic rings. The third-order valence-electron chi connectivity index (χ3n) is 3.87. The van der Waals surface area contributed by atoms with E-state index in [9.17, 15) is 0 Å². The highest BCUT2D eigenvalue weighted by Crippen LogP contribution is 2.34. The second kappa shape index (κ2) is 8.05. The van der Waals surface area contributed by atoms with Crippen LogP contribution in [0.4, 0.5) is 5.82 Å². The molecule has 0 unspecified atom stereocenters. The van der Waals surface area contributed by atoms with Crippen molar-refractivity contribution in [3.05, 3.63) is 71.5 Å². The second-order valence-corrected chi connectivity index (χ2v) is 8.35. The van der Waals surface area contributed by atoms with Gasteiger partial charge in [0.15, 0.2) is 0 Å². The Morgan fingerprint density at radius 3 is 2.54 bits per heavy atom. The van der Waals surface area contributed by atoms with Crippen LogP contribution >= 0.6 is 23.7 Å². The van der Waals surface area contributed by atoms with E-state index >= 15 is 0 Å². The standard InChI is InChI=1S/C22H20N4S.ClH/c1-22(2,3)25-21-20(24-19-6-4-5-15-26(19)21)18-10-9-17(27-18)8-7-16-11-13-23-14-12-16;/h4-6,9-15,25H,1-3H3;1H. The Labute approximate surface area is 175 Å². The molecule has 1 N–H and O–H groups in total. The summed E-state index contributed by atoms with van der Waals surface area (Å²) < 4.78 is 2.10. The van der Waals surface area contributed by atoms with Gasteiger partial charge in [0, 0.05) is 29.7 Å². The van der Waals surface area contributed by atoms with Gasteiger partial charge < -0.3 is 5.32 Å². The van der Waals surface area contributed by atoms with E-state index in [1.807, 2.05) is 36.5 Å². The van der Waals surface area contributed by atoms with Crippen molar-refractivity contribution >= 4 is 35.2 Å². The van der Waals surface area contributed by atoms with Crippen LogP contribution in [0.5, 0.6) is 0 Å². The van der Waals surface area contributed by atoms with Crippen molar-refractivity contribution in [1.82, 2.24) is 14.4 Å². The fourth-order valence-corrected chi connectivity index (χ4v) is 3.59. The molecule has 0 amide bonds. The number of hydrogen-bond acceptors (Lipinski definition) is 4. The summed E-state index contributed by atoms with van der Waals surface area (Å²) in [5.41, 5.74) is 2.78. The molecule has 0 spiro atoms. The number of thiophene rings is 1. The van der Waals surface area contributed by atoms with Crippen LogP contribution in [-0.2, 0) is 0 Å². The molecule has 0 atom stereocenters. The minimum absolute atomic E-state index is 0. The Hall–Kier alpha value is -2.81. The van der Waals surface area contributed by atoms with Gasteiger partial charge in [0.25, 0.3) is 0 Å². The molecule has 6 heteroatoms. The highest BCUT2D eigenvalue weighted by atomic mass is 35.5. The van der Waals surface area contributed by atoms with Crippen LogP contribution in [0, 0.1) is 11.8 Å². The summed E-state index contributed by atoms with van der Waals surface area (Å²) in [5, 5.41) is 3.60. The van der Waals surface area contributed by atoms with E-state index in [2.05, 4.69) is 59.4 Å². The molecule has 4 aromatic rings. The van der Waals surface area contributed by atoms with Crippen LogP contribution < -0.4 is 5.32 Å². The van der Waals surface area contributed by atoms with Gasteiger partial charge >= 0.3 is 0 Å². The molecule has 0 saturated heterocycles. The molecule has 28 heavy (non-hydrogen) atoms. The minimum Gasteiger partial charge on any atom is -0.365 e. The molecule has 0 radical (unpaired) electrons. The predicted molar refractivity (Wildman–Crippen MR) is 119 cm³/mol. The number of rotatable bonds is 2. The minimum atomic E-state index is -0.0677. The number of aromatic nitrogens is 3. The zero-order chi connectivity index (χ0) is 18.9. The predicted octanol–water partition coefficient (Wildman–Crippen LogP) is 5.49. The van der Waals surface area contributed by atoms with Gasteiger partial charge in [0.2, 0.25) is 0 Å². The Bertz CT molecular complexity index is 1140. The zero-order valence-corrected chi connectivity index (χ0v) is 17.6. The fraction of sp³-hybridized carbons (Fsp3) is 0.182. The van der Waals surface area contributed by atoms with E-state index in [0.717, 1.165) is 32.5 Å². The number of imidazole rings is 1. The molecule has 4 nitrogen and oxygen atoms in total. The average Bonchev–Trinajstić information content (AvgIpc) is 3.25. The van der Waals surface area contributed by atoms with E-state index < -0.39 is 0 Å². The molecule has 0 aliphatic heterocycles. The highest BCUT2D eigenvalue weighted by Gasteiger charge is 2.20. The summed E-state index contributed by atoms with van der Waals surface area (Å²) in [6.45, 7) is 6.46. The Kier molecular flexibility index (Phi) is 5.73. The van der Waals surface area contributed by atoms with Gasteiger partial charge in [-0.2, -0.15) is 0 Å². The quantitative estimate of drug-likeness (QED) is 0.446. The van der Waals surface area contributed by atoms with Crippen LogP contribution in [0.2, 0.25) is 0 Å². The number of nitrogens with one attached hydrogen (secondary N) is 1. The van der Waals surface area contributed by atoms with Crippen molar-refractivity contribution < 1.29 is 0 Å². The molecule has 0 bridgehead atoms. The Morgan fingerprint density at radius 1 is 1.00 bits per heavy atom. The molecule has 0 fully saturated rings. The lowest BCUT2D eigenvalue weighted by atomic mass is 10.1. The van der Waals surface area contributed by atoms with Gasteiger partial charge in [-0.3, -0.25) is 9.38 Å². The first kappa shape index (κ1) is 19.9. The summed E-state index contributed by atoms with van der Waals surface area (Å²) in [6.07, 6.45) is 5.55. The summed E-state index contributed by atoms with van der Waals surface area (Å²) >= 11 is 1.66. The molecule has 4 heterocycles. The number of hydrogen-bond donors (Lipinski definition) is 1. The summed E-state index contributed by atoms with van der Waals surface area (Å²) in [4.78, 5) is 11.0. The average molecular weight is 409 g/mol. The molecule has 0 saturated carbocycles. The van der Waals surface area contributed by atoms with Crippen molar-refractivity contribution in [3.63, 3.8) is 0 Å². The van der Waals surface area contributed by atoms with Crippen molar-refractivity contribution in [2.24, 2.45) is 0 Å². The number of fused-ring (bicyclic) bond motifs is 1.